The highest BCUT2D eigenvalue weighted by molar-refractivity contribution is 5.10. The first-order chi connectivity index (χ1) is 23.2. The summed E-state index contributed by atoms with van der Waals surface area (Å²) in [7, 11) is 0. The molecule has 9 heteroatoms. The van der Waals surface area contributed by atoms with E-state index in [1.807, 2.05) is 0 Å². The van der Waals surface area contributed by atoms with Gasteiger partial charge in [0.05, 0.1) is 49.3 Å². The van der Waals surface area contributed by atoms with E-state index in [-0.39, 0.29) is 6.17 Å². The Hall–Kier alpha value is -0.880. The normalized spacial score (nSPS) is 52.3. The minimum atomic E-state index is 0.279. The fourth-order valence-electron chi connectivity index (χ4n) is 13.1. The van der Waals surface area contributed by atoms with Gasteiger partial charge in [0.2, 0.25) is 0 Å². The quantitative estimate of drug-likeness (QED) is 0.214. The molecule has 0 spiro atoms. The van der Waals surface area contributed by atoms with E-state index in [1.54, 1.807) is 0 Å². The van der Waals surface area contributed by atoms with Gasteiger partial charge in [0, 0.05) is 25.0 Å². The molecule has 4 saturated carbocycles. The van der Waals surface area contributed by atoms with Gasteiger partial charge in [-0.15, -0.1) is 13.2 Å². The van der Waals surface area contributed by atoms with Gasteiger partial charge < -0.3 is 0 Å². The first-order valence-electron chi connectivity index (χ1n) is 20.2. The predicted molar refractivity (Wildman–Crippen MR) is 188 cm³/mol. The maximum Gasteiger partial charge on any atom is 0.0643 e. The molecule has 0 aromatic heterocycles. The molecule has 17 atom stereocenters. The van der Waals surface area contributed by atoms with E-state index in [9.17, 15) is 0 Å². The SMILES string of the molecule is C=CCN(CC=C)C1CCCC2C3NC4NC(NC5NC(NC6NC(NC(N3)C21)C1CCCCC61)C1CCCCC51)C1CCCCC41. The van der Waals surface area contributed by atoms with Crippen LogP contribution in [0.25, 0.3) is 0 Å². The molecule has 0 aromatic rings. The van der Waals surface area contributed by atoms with Gasteiger partial charge in [-0.2, -0.15) is 0 Å². The maximum absolute atomic E-state index is 4.35. The van der Waals surface area contributed by atoms with Crippen molar-refractivity contribution in [3.63, 3.8) is 0 Å². The van der Waals surface area contributed by atoms with Gasteiger partial charge in [0.15, 0.2) is 0 Å². The second-order valence-electron chi connectivity index (χ2n) is 17.3. The van der Waals surface area contributed by atoms with E-state index in [0.717, 1.165) is 19.0 Å². The Morgan fingerprint density at radius 3 is 1.02 bits per heavy atom. The van der Waals surface area contributed by atoms with Gasteiger partial charge in [0.25, 0.3) is 0 Å². The molecule has 9 nitrogen and oxygen atoms in total. The average molecular weight is 648 g/mol. The van der Waals surface area contributed by atoms with Crippen LogP contribution >= 0.6 is 0 Å². The molecule has 5 aliphatic heterocycles. The average Bonchev–Trinajstić information content (AvgIpc) is 3.84. The zero-order valence-electron chi connectivity index (χ0n) is 28.9. The van der Waals surface area contributed by atoms with Crippen molar-refractivity contribution in [3.05, 3.63) is 25.3 Å². The summed E-state index contributed by atoms with van der Waals surface area (Å²) in [6.45, 7) is 10.2. The van der Waals surface area contributed by atoms with Crippen LogP contribution in [0.15, 0.2) is 25.3 Å². The van der Waals surface area contributed by atoms with Crippen molar-refractivity contribution in [2.75, 3.05) is 13.1 Å². The summed E-state index contributed by atoms with van der Waals surface area (Å²) in [5.74, 6) is 5.36. The Balaban J connectivity index is 1.06. The molecule has 0 amide bonds. The second kappa shape index (κ2) is 13.7. The Labute approximate surface area is 284 Å². The van der Waals surface area contributed by atoms with Gasteiger partial charge in [-0.1, -0.05) is 57.1 Å². The Morgan fingerprint density at radius 2 is 0.681 bits per heavy atom. The van der Waals surface area contributed by atoms with E-state index in [4.69, 9.17) is 0 Å². The molecule has 17 unspecified atom stereocenters. The Morgan fingerprint density at radius 1 is 0.383 bits per heavy atom. The van der Waals surface area contributed by atoms with Crippen LogP contribution in [0.2, 0.25) is 0 Å². The van der Waals surface area contributed by atoms with Crippen LogP contribution in [0.4, 0.5) is 0 Å². The molecule has 5 heterocycles. The van der Waals surface area contributed by atoms with Crippen LogP contribution in [-0.2, 0) is 0 Å². The molecular formula is C38H65N9. The van der Waals surface area contributed by atoms with Crippen LogP contribution < -0.4 is 42.5 Å². The van der Waals surface area contributed by atoms with E-state index < -0.39 is 0 Å². The molecule has 47 heavy (non-hydrogen) atoms. The van der Waals surface area contributed by atoms with Gasteiger partial charge in [-0.05, 0) is 92.8 Å². The van der Waals surface area contributed by atoms with Crippen molar-refractivity contribution < 1.29 is 0 Å². The molecule has 0 radical (unpaired) electrons. The smallest absolute Gasteiger partial charge is 0.0643 e. The second-order valence-corrected chi connectivity index (χ2v) is 17.3. The third kappa shape index (κ3) is 5.81. The maximum atomic E-state index is 4.35. The molecule has 0 aromatic carbocycles. The van der Waals surface area contributed by atoms with E-state index >= 15 is 0 Å². The fraction of sp³-hybridized carbons (Fsp3) is 0.895. The lowest BCUT2D eigenvalue weighted by molar-refractivity contribution is 0.0693. The zero-order valence-corrected chi connectivity index (χ0v) is 28.9. The van der Waals surface area contributed by atoms with Crippen molar-refractivity contribution in [1.82, 2.24) is 47.4 Å². The molecule has 8 N–H and O–H groups in total. The van der Waals surface area contributed by atoms with Crippen LogP contribution in [0.1, 0.15) is 96.3 Å². The number of hydrogen-bond acceptors (Lipinski definition) is 9. The molecular weight excluding hydrogens is 582 g/mol. The highest BCUT2D eigenvalue weighted by atomic mass is 15.4. The minimum absolute atomic E-state index is 0.279. The molecule has 9 fully saturated rings. The van der Waals surface area contributed by atoms with Crippen molar-refractivity contribution in [2.45, 2.75) is 152 Å². The molecule has 9 rings (SSSR count). The summed E-state index contributed by atoms with van der Waals surface area (Å²) < 4.78 is 0. The van der Waals surface area contributed by atoms with E-state index in [0.29, 0.717) is 90.6 Å². The van der Waals surface area contributed by atoms with Crippen molar-refractivity contribution in [1.29, 1.82) is 0 Å². The minimum Gasteiger partial charge on any atom is -0.293 e. The number of fused-ring (bicyclic) bond motifs is 20. The largest absolute Gasteiger partial charge is 0.293 e. The van der Waals surface area contributed by atoms with Crippen LogP contribution in [0, 0.1) is 47.3 Å². The first-order valence-corrected chi connectivity index (χ1v) is 20.2. The van der Waals surface area contributed by atoms with Crippen LogP contribution in [0.5, 0.6) is 0 Å². The molecule has 4 aliphatic carbocycles. The number of nitrogens with zero attached hydrogens (tertiary/aromatic N) is 1. The fourth-order valence-corrected chi connectivity index (χ4v) is 13.1. The van der Waals surface area contributed by atoms with Gasteiger partial charge in [-0.25, -0.2) is 0 Å². The van der Waals surface area contributed by atoms with Gasteiger partial charge in [-0.3, -0.25) is 47.4 Å². The van der Waals surface area contributed by atoms with Crippen LogP contribution in [-0.4, -0.2) is 73.4 Å². The summed E-state index contributed by atoms with van der Waals surface area (Å²) in [4.78, 5) is 2.67. The van der Waals surface area contributed by atoms with E-state index in [1.165, 1.54) is 96.3 Å². The number of rotatable bonds is 5. The van der Waals surface area contributed by atoms with Crippen LogP contribution in [0.3, 0.4) is 0 Å². The summed E-state index contributed by atoms with van der Waals surface area (Å²) in [5, 5.41) is 34.2. The Bertz CT molecular complexity index is 1110. The number of hydrogen-bond donors (Lipinski definition) is 8. The molecule has 8 bridgehead atoms. The Kier molecular flexibility index (Phi) is 9.33. The summed E-state index contributed by atoms with van der Waals surface area (Å²) >= 11 is 0. The predicted octanol–water partition coefficient (Wildman–Crippen LogP) is 3.26. The van der Waals surface area contributed by atoms with Crippen molar-refractivity contribution in [3.8, 4) is 0 Å². The third-order valence-corrected chi connectivity index (χ3v) is 15.1. The molecule has 262 valence electrons. The lowest BCUT2D eigenvalue weighted by Crippen LogP contribution is -2.62. The summed E-state index contributed by atoms with van der Waals surface area (Å²) in [6, 6.07) is 0.526. The van der Waals surface area contributed by atoms with Gasteiger partial charge in [0.1, 0.15) is 0 Å². The lowest BCUT2D eigenvalue weighted by atomic mass is 9.74. The highest BCUT2D eigenvalue weighted by Gasteiger charge is 2.56. The standard InChI is InChI=1S/C38H65N9/c1-3-20-47(21-4-2)29-19-11-18-28-30(29)38-45-36-27-17-10-9-16-26(27)34(43-36)41-32-23-13-6-5-12-22(23)31(39-32)40-33-24-14-7-8-15-25(24)35(42-33)44-37(28)46-38/h3-4,22-46H,1-2,5-21H2. The summed E-state index contributed by atoms with van der Waals surface area (Å²) in [6.07, 6.45) is 27.2. The molecule has 9 aliphatic rings. The zero-order chi connectivity index (χ0) is 31.5. The lowest BCUT2D eigenvalue weighted by Gasteiger charge is -2.44. The van der Waals surface area contributed by atoms with Crippen molar-refractivity contribution >= 4 is 0 Å². The molecule has 5 saturated heterocycles. The van der Waals surface area contributed by atoms with Gasteiger partial charge >= 0.3 is 0 Å². The van der Waals surface area contributed by atoms with E-state index in [2.05, 4.69) is 72.7 Å². The summed E-state index contributed by atoms with van der Waals surface area (Å²) in [5.41, 5.74) is 0. The topological polar surface area (TPSA) is 99.5 Å². The van der Waals surface area contributed by atoms with Crippen molar-refractivity contribution in [2.24, 2.45) is 47.3 Å². The monoisotopic (exact) mass is 648 g/mol. The third-order valence-electron chi connectivity index (χ3n) is 15.1. The number of nitrogens with one attached hydrogen (secondary N) is 8. The highest BCUT2D eigenvalue weighted by Crippen LogP contribution is 2.46. The first kappa shape index (κ1) is 32.1.